The third kappa shape index (κ3) is 2.22. The maximum atomic E-state index is 6.34. The summed E-state index contributed by atoms with van der Waals surface area (Å²) in [5, 5.41) is 4.40. The van der Waals surface area contributed by atoms with Crippen LogP contribution < -0.4 is 5.32 Å². The van der Waals surface area contributed by atoms with E-state index in [0.29, 0.717) is 6.04 Å². The molecule has 0 radical (unpaired) electrons. The van der Waals surface area contributed by atoms with Crippen molar-refractivity contribution in [3.05, 3.63) is 22.7 Å². The molecule has 2 fully saturated rings. The van der Waals surface area contributed by atoms with E-state index in [1.165, 1.54) is 30.5 Å². The van der Waals surface area contributed by atoms with Crippen LogP contribution >= 0.6 is 22.9 Å². The minimum atomic E-state index is 0.505. The summed E-state index contributed by atoms with van der Waals surface area (Å²) < 4.78 is 1.20. The molecule has 1 saturated heterocycles. The van der Waals surface area contributed by atoms with Crippen LogP contribution in [0.2, 0.25) is 5.02 Å². The van der Waals surface area contributed by atoms with Gasteiger partial charge in [0.15, 0.2) is 0 Å². The Kier molecular flexibility index (Phi) is 2.90. The molecule has 1 saturated carbocycles. The predicted molar refractivity (Wildman–Crippen MR) is 81.3 cm³/mol. The summed E-state index contributed by atoms with van der Waals surface area (Å²) in [6, 6.07) is 5.38. The van der Waals surface area contributed by atoms with Crippen LogP contribution in [0.25, 0.3) is 10.2 Å². The molecule has 3 nitrogen and oxygen atoms in total. The van der Waals surface area contributed by atoms with Gasteiger partial charge >= 0.3 is 0 Å². The van der Waals surface area contributed by atoms with E-state index in [-0.39, 0.29) is 0 Å². The molecule has 1 unspecified atom stereocenters. The van der Waals surface area contributed by atoms with Gasteiger partial charge in [0.25, 0.3) is 0 Å². The first kappa shape index (κ1) is 11.9. The zero-order valence-corrected chi connectivity index (χ0v) is 12.2. The molecule has 1 N–H and O–H groups in total. The number of nitrogens with zero attached hydrogens (tertiary/aromatic N) is 2. The van der Waals surface area contributed by atoms with Crippen molar-refractivity contribution < 1.29 is 0 Å². The van der Waals surface area contributed by atoms with Crippen molar-refractivity contribution >= 4 is 38.8 Å². The fourth-order valence-electron chi connectivity index (χ4n) is 2.92. The molecule has 5 heteroatoms. The van der Waals surface area contributed by atoms with Gasteiger partial charge in [0, 0.05) is 25.2 Å². The number of rotatable bonds is 3. The highest BCUT2D eigenvalue weighted by Gasteiger charge is 2.34. The molecule has 19 heavy (non-hydrogen) atoms. The number of nitrogens with one attached hydrogen (secondary N) is 1. The lowest BCUT2D eigenvalue weighted by Crippen LogP contribution is -2.27. The number of hydrogen-bond acceptors (Lipinski definition) is 4. The third-order valence-electron chi connectivity index (χ3n) is 4.08. The number of anilines is 1. The van der Waals surface area contributed by atoms with Crippen molar-refractivity contribution in [2.75, 3.05) is 18.4 Å². The minimum absolute atomic E-state index is 0.505. The van der Waals surface area contributed by atoms with Gasteiger partial charge in [-0.15, -0.1) is 11.3 Å². The minimum Gasteiger partial charge on any atom is -0.378 e. The third-order valence-corrected chi connectivity index (χ3v) is 5.19. The number of fused-ring (bicyclic) bond motifs is 1. The normalized spacial score (nSPS) is 24.2. The molecule has 2 aliphatic rings. The molecule has 0 bridgehead atoms. The quantitative estimate of drug-likeness (QED) is 0.937. The summed E-state index contributed by atoms with van der Waals surface area (Å²) in [6.07, 6.45) is 3.97. The SMILES string of the molecule is Clc1ccc2scnc2c1NC1CCN(C2CC2)C1. The number of thiazole rings is 1. The molecule has 0 amide bonds. The topological polar surface area (TPSA) is 28.2 Å². The zero-order valence-electron chi connectivity index (χ0n) is 10.6. The van der Waals surface area contributed by atoms with Crippen LogP contribution in [0.4, 0.5) is 5.69 Å². The van der Waals surface area contributed by atoms with E-state index in [2.05, 4.69) is 15.2 Å². The van der Waals surface area contributed by atoms with E-state index in [4.69, 9.17) is 11.6 Å². The lowest BCUT2D eigenvalue weighted by Gasteiger charge is -2.17. The number of halogens is 1. The van der Waals surface area contributed by atoms with Crippen molar-refractivity contribution in [3.63, 3.8) is 0 Å². The maximum Gasteiger partial charge on any atom is 0.106 e. The van der Waals surface area contributed by atoms with Crippen molar-refractivity contribution in [2.45, 2.75) is 31.3 Å². The van der Waals surface area contributed by atoms with Gasteiger partial charge in [-0.25, -0.2) is 4.98 Å². The second-order valence-corrected chi connectivity index (χ2v) is 6.77. The average Bonchev–Trinajstić information content (AvgIpc) is 2.98. The molecule has 1 aromatic carbocycles. The molecule has 1 aliphatic carbocycles. The molecule has 0 spiro atoms. The molecule has 1 aromatic heterocycles. The molecule has 1 aliphatic heterocycles. The van der Waals surface area contributed by atoms with E-state index in [1.54, 1.807) is 11.3 Å². The van der Waals surface area contributed by atoms with Crippen LogP contribution in [0.1, 0.15) is 19.3 Å². The molecule has 2 aromatic rings. The first-order chi connectivity index (χ1) is 9.31. The van der Waals surface area contributed by atoms with Gasteiger partial charge in [-0.2, -0.15) is 0 Å². The lowest BCUT2D eigenvalue weighted by molar-refractivity contribution is 0.326. The molecule has 4 rings (SSSR count). The Morgan fingerprint density at radius 1 is 1.32 bits per heavy atom. The Hall–Kier alpha value is -0.840. The first-order valence-corrected chi connectivity index (χ1v) is 8.09. The van der Waals surface area contributed by atoms with Crippen LogP contribution in [-0.2, 0) is 0 Å². The van der Waals surface area contributed by atoms with E-state index >= 15 is 0 Å². The summed E-state index contributed by atoms with van der Waals surface area (Å²) in [5.41, 5.74) is 3.92. The summed E-state index contributed by atoms with van der Waals surface area (Å²) in [7, 11) is 0. The second-order valence-electron chi connectivity index (χ2n) is 5.48. The predicted octanol–water partition coefficient (Wildman–Crippen LogP) is 3.60. The summed E-state index contributed by atoms with van der Waals surface area (Å²) in [5.74, 6) is 0. The number of benzene rings is 1. The highest BCUT2D eigenvalue weighted by molar-refractivity contribution is 7.16. The van der Waals surface area contributed by atoms with E-state index in [0.717, 1.165) is 28.8 Å². The number of aromatic nitrogens is 1. The summed E-state index contributed by atoms with van der Waals surface area (Å²) >= 11 is 8.00. The Balaban J connectivity index is 1.57. The van der Waals surface area contributed by atoms with Gasteiger partial charge in [0.1, 0.15) is 5.52 Å². The number of hydrogen-bond donors (Lipinski definition) is 1. The standard InChI is InChI=1S/C14H16ClN3S/c15-11-3-4-12-14(16-8-19-12)13(11)17-9-5-6-18(7-9)10-1-2-10/h3-4,8-10,17H,1-2,5-7H2. The van der Waals surface area contributed by atoms with Crippen molar-refractivity contribution in [1.82, 2.24) is 9.88 Å². The molecular formula is C14H16ClN3S. The van der Waals surface area contributed by atoms with E-state index in [1.807, 2.05) is 17.6 Å². The Labute approximate surface area is 121 Å². The monoisotopic (exact) mass is 293 g/mol. The molecule has 100 valence electrons. The van der Waals surface area contributed by atoms with Gasteiger partial charge < -0.3 is 5.32 Å². The Morgan fingerprint density at radius 3 is 3.05 bits per heavy atom. The smallest absolute Gasteiger partial charge is 0.106 e. The Morgan fingerprint density at radius 2 is 2.21 bits per heavy atom. The molecule has 1 atom stereocenters. The van der Waals surface area contributed by atoms with Crippen LogP contribution in [0.5, 0.6) is 0 Å². The fraction of sp³-hybridized carbons (Fsp3) is 0.500. The van der Waals surface area contributed by atoms with Crippen LogP contribution in [0, 0.1) is 0 Å². The van der Waals surface area contributed by atoms with Crippen molar-refractivity contribution in [1.29, 1.82) is 0 Å². The van der Waals surface area contributed by atoms with Crippen LogP contribution in [-0.4, -0.2) is 35.1 Å². The highest BCUT2D eigenvalue weighted by Crippen LogP contribution is 2.35. The Bertz CT molecular complexity index is 608. The van der Waals surface area contributed by atoms with Gasteiger partial charge in [0.2, 0.25) is 0 Å². The van der Waals surface area contributed by atoms with E-state index in [9.17, 15) is 0 Å². The highest BCUT2D eigenvalue weighted by atomic mass is 35.5. The van der Waals surface area contributed by atoms with Crippen LogP contribution in [0.15, 0.2) is 17.6 Å². The van der Waals surface area contributed by atoms with Crippen molar-refractivity contribution in [3.8, 4) is 0 Å². The second kappa shape index (κ2) is 4.62. The average molecular weight is 294 g/mol. The largest absolute Gasteiger partial charge is 0.378 e. The first-order valence-electron chi connectivity index (χ1n) is 6.83. The van der Waals surface area contributed by atoms with Gasteiger partial charge in [-0.3, -0.25) is 4.90 Å². The van der Waals surface area contributed by atoms with Gasteiger partial charge in [-0.05, 0) is 31.4 Å². The zero-order chi connectivity index (χ0) is 12.8. The molecular weight excluding hydrogens is 278 g/mol. The van der Waals surface area contributed by atoms with Crippen molar-refractivity contribution in [2.24, 2.45) is 0 Å². The fourth-order valence-corrected chi connectivity index (χ4v) is 3.82. The van der Waals surface area contributed by atoms with Gasteiger partial charge in [-0.1, -0.05) is 11.6 Å². The maximum absolute atomic E-state index is 6.34. The summed E-state index contributed by atoms with van der Waals surface area (Å²) in [4.78, 5) is 7.05. The summed E-state index contributed by atoms with van der Waals surface area (Å²) in [6.45, 7) is 2.36. The van der Waals surface area contributed by atoms with Crippen LogP contribution in [0.3, 0.4) is 0 Å². The lowest BCUT2D eigenvalue weighted by atomic mass is 10.2. The molecule has 2 heterocycles. The van der Waals surface area contributed by atoms with E-state index < -0.39 is 0 Å². The number of likely N-dealkylation sites (tertiary alicyclic amines) is 1. The van der Waals surface area contributed by atoms with Gasteiger partial charge in [0.05, 0.1) is 20.9 Å².